The molecular weight excluding hydrogens is 190 g/mol. The smallest absolute Gasteiger partial charge is 0.185 e. The van der Waals surface area contributed by atoms with E-state index in [4.69, 9.17) is 11.5 Å². The summed E-state index contributed by atoms with van der Waals surface area (Å²) in [6.07, 6.45) is 1.92. The largest absolute Gasteiger partial charge is 0.370 e. The maximum atomic E-state index is 5.25. The highest BCUT2D eigenvalue weighted by Gasteiger charge is 2.07. The molecule has 0 amide bonds. The van der Waals surface area contributed by atoms with E-state index in [1.54, 1.807) is 0 Å². The van der Waals surface area contributed by atoms with Crippen LogP contribution in [0, 0.1) is 13.8 Å². The summed E-state index contributed by atoms with van der Waals surface area (Å²) in [7, 11) is 1.96. The zero-order valence-corrected chi connectivity index (χ0v) is 9.62. The van der Waals surface area contributed by atoms with E-state index < -0.39 is 0 Å². The first-order chi connectivity index (χ1) is 7.02. The van der Waals surface area contributed by atoms with Gasteiger partial charge in [-0.1, -0.05) is 0 Å². The molecule has 0 aliphatic heterocycles. The standard InChI is InChI=1S/C10H19N5/c1-7-9(8(2)15(3)14-7)5-4-6-13-10(11)12/h4-6H2,1-3H3,(H4,11,12,13). The number of nitrogens with zero attached hydrogens (tertiary/aromatic N) is 3. The van der Waals surface area contributed by atoms with Crippen LogP contribution >= 0.6 is 0 Å². The van der Waals surface area contributed by atoms with Crippen LogP contribution in [0.15, 0.2) is 4.99 Å². The Labute approximate surface area is 90.2 Å². The quantitative estimate of drug-likeness (QED) is 0.423. The third-order valence-corrected chi connectivity index (χ3v) is 2.54. The van der Waals surface area contributed by atoms with Gasteiger partial charge in [-0.05, 0) is 32.3 Å². The highest BCUT2D eigenvalue weighted by Crippen LogP contribution is 2.13. The van der Waals surface area contributed by atoms with Gasteiger partial charge in [0.15, 0.2) is 5.96 Å². The normalized spacial score (nSPS) is 10.3. The molecule has 5 heteroatoms. The second kappa shape index (κ2) is 4.82. The Morgan fingerprint density at radius 3 is 2.53 bits per heavy atom. The Balaban J connectivity index is 2.54. The van der Waals surface area contributed by atoms with Crippen LogP contribution < -0.4 is 11.5 Å². The fourth-order valence-electron chi connectivity index (χ4n) is 1.64. The van der Waals surface area contributed by atoms with Crippen LogP contribution in [0.2, 0.25) is 0 Å². The molecule has 0 aromatic carbocycles. The molecule has 0 spiro atoms. The molecule has 15 heavy (non-hydrogen) atoms. The lowest BCUT2D eigenvalue weighted by Gasteiger charge is -2.00. The van der Waals surface area contributed by atoms with Gasteiger partial charge in [-0.15, -0.1) is 0 Å². The summed E-state index contributed by atoms with van der Waals surface area (Å²) in [6.45, 7) is 4.79. The van der Waals surface area contributed by atoms with Crippen LogP contribution in [0.1, 0.15) is 23.4 Å². The number of rotatable bonds is 4. The van der Waals surface area contributed by atoms with E-state index in [2.05, 4.69) is 17.0 Å². The first-order valence-electron chi connectivity index (χ1n) is 5.07. The van der Waals surface area contributed by atoms with Gasteiger partial charge in [0.05, 0.1) is 5.69 Å². The van der Waals surface area contributed by atoms with Crippen LogP contribution in [-0.2, 0) is 13.5 Å². The van der Waals surface area contributed by atoms with Crippen molar-refractivity contribution in [1.82, 2.24) is 9.78 Å². The van der Waals surface area contributed by atoms with Crippen LogP contribution in [0.4, 0.5) is 0 Å². The predicted octanol–water partition coefficient (Wildman–Crippen LogP) is 0.243. The zero-order valence-electron chi connectivity index (χ0n) is 9.62. The first kappa shape index (κ1) is 11.6. The fraction of sp³-hybridized carbons (Fsp3) is 0.600. The Morgan fingerprint density at radius 2 is 2.07 bits per heavy atom. The summed E-state index contributed by atoms with van der Waals surface area (Å²) >= 11 is 0. The number of aromatic nitrogens is 2. The molecule has 0 saturated heterocycles. The molecule has 0 bridgehead atoms. The molecule has 1 aromatic rings. The molecule has 0 saturated carbocycles. The van der Waals surface area contributed by atoms with Crippen molar-refractivity contribution in [1.29, 1.82) is 0 Å². The van der Waals surface area contributed by atoms with Crippen molar-refractivity contribution in [2.45, 2.75) is 26.7 Å². The molecule has 0 unspecified atom stereocenters. The Bertz CT molecular complexity index is 360. The monoisotopic (exact) mass is 209 g/mol. The SMILES string of the molecule is Cc1nn(C)c(C)c1CCCN=C(N)N. The number of aryl methyl sites for hydroxylation is 2. The highest BCUT2D eigenvalue weighted by molar-refractivity contribution is 5.75. The maximum absolute atomic E-state index is 5.25. The van der Waals surface area contributed by atoms with E-state index in [9.17, 15) is 0 Å². The van der Waals surface area contributed by atoms with Crippen molar-refractivity contribution >= 4 is 5.96 Å². The van der Waals surface area contributed by atoms with Crippen molar-refractivity contribution in [2.75, 3.05) is 6.54 Å². The fourth-order valence-corrected chi connectivity index (χ4v) is 1.64. The van der Waals surface area contributed by atoms with Crippen LogP contribution in [0.3, 0.4) is 0 Å². The lowest BCUT2D eigenvalue weighted by Crippen LogP contribution is -2.23. The topological polar surface area (TPSA) is 82.2 Å². The van der Waals surface area contributed by atoms with Crippen molar-refractivity contribution in [3.05, 3.63) is 17.0 Å². The number of nitrogens with two attached hydrogens (primary N) is 2. The van der Waals surface area contributed by atoms with E-state index in [1.807, 2.05) is 18.7 Å². The summed E-state index contributed by atoms with van der Waals surface area (Å²) in [5.41, 5.74) is 14.1. The zero-order chi connectivity index (χ0) is 11.4. The second-order valence-electron chi connectivity index (χ2n) is 3.68. The van der Waals surface area contributed by atoms with Crippen LogP contribution in [-0.4, -0.2) is 22.3 Å². The average molecular weight is 209 g/mol. The molecule has 84 valence electrons. The summed E-state index contributed by atoms with van der Waals surface area (Å²) in [5.74, 6) is 0.162. The summed E-state index contributed by atoms with van der Waals surface area (Å²) in [6, 6.07) is 0. The number of aliphatic imine (C=N–C) groups is 1. The summed E-state index contributed by atoms with van der Waals surface area (Å²) in [4.78, 5) is 3.95. The van der Waals surface area contributed by atoms with E-state index in [0.717, 1.165) is 18.5 Å². The number of hydrogen-bond donors (Lipinski definition) is 2. The molecule has 0 aliphatic carbocycles. The van der Waals surface area contributed by atoms with Gasteiger partial charge in [0, 0.05) is 19.3 Å². The molecule has 0 aliphatic rings. The molecule has 5 nitrogen and oxygen atoms in total. The minimum Gasteiger partial charge on any atom is -0.370 e. The third kappa shape index (κ3) is 2.97. The predicted molar refractivity (Wildman–Crippen MR) is 61.7 cm³/mol. The second-order valence-corrected chi connectivity index (χ2v) is 3.68. The van der Waals surface area contributed by atoms with Gasteiger partial charge in [0.1, 0.15) is 0 Å². The van der Waals surface area contributed by atoms with Gasteiger partial charge in [-0.2, -0.15) is 5.10 Å². The minimum atomic E-state index is 0.162. The Hall–Kier alpha value is -1.52. The van der Waals surface area contributed by atoms with Crippen LogP contribution in [0.25, 0.3) is 0 Å². The number of guanidine groups is 1. The molecule has 1 rings (SSSR count). The lowest BCUT2D eigenvalue weighted by atomic mass is 10.1. The van der Waals surface area contributed by atoms with Crippen LogP contribution in [0.5, 0.6) is 0 Å². The van der Waals surface area contributed by atoms with Gasteiger partial charge in [0.2, 0.25) is 0 Å². The van der Waals surface area contributed by atoms with Gasteiger partial charge >= 0.3 is 0 Å². The summed E-state index contributed by atoms with van der Waals surface area (Å²) < 4.78 is 1.91. The summed E-state index contributed by atoms with van der Waals surface area (Å²) in [5, 5.41) is 4.36. The number of hydrogen-bond acceptors (Lipinski definition) is 2. The van der Waals surface area contributed by atoms with Gasteiger partial charge in [-0.3, -0.25) is 9.67 Å². The minimum absolute atomic E-state index is 0.162. The van der Waals surface area contributed by atoms with Crippen molar-refractivity contribution in [3.8, 4) is 0 Å². The molecule has 1 heterocycles. The van der Waals surface area contributed by atoms with Gasteiger partial charge < -0.3 is 11.5 Å². The van der Waals surface area contributed by atoms with Crippen molar-refractivity contribution in [3.63, 3.8) is 0 Å². The maximum Gasteiger partial charge on any atom is 0.185 e. The van der Waals surface area contributed by atoms with E-state index in [-0.39, 0.29) is 5.96 Å². The first-order valence-corrected chi connectivity index (χ1v) is 5.07. The Morgan fingerprint density at radius 1 is 1.40 bits per heavy atom. The van der Waals surface area contributed by atoms with E-state index in [0.29, 0.717) is 6.54 Å². The van der Waals surface area contributed by atoms with E-state index >= 15 is 0 Å². The molecular formula is C10H19N5. The third-order valence-electron chi connectivity index (χ3n) is 2.54. The Kier molecular flexibility index (Phi) is 3.71. The van der Waals surface area contributed by atoms with Crippen molar-refractivity contribution < 1.29 is 0 Å². The van der Waals surface area contributed by atoms with Gasteiger partial charge in [-0.25, -0.2) is 0 Å². The molecule has 0 fully saturated rings. The lowest BCUT2D eigenvalue weighted by molar-refractivity contribution is 0.728. The van der Waals surface area contributed by atoms with Gasteiger partial charge in [0.25, 0.3) is 0 Å². The highest BCUT2D eigenvalue weighted by atomic mass is 15.3. The average Bonchev–Trinajstić information content (AvgIpc) is 2.37. The van der Waals surface area contributed by atoms with Crippen molar-refractivity contribution in [2.24, 2.45) is 23.5 Å². The molecule has 0 radical (unpaired) electrons. The molecule has 4 N–H and O–H groups in total. The molecule has 0 atom stereocenters. The molecule has 1 aromatic heterocycles. The van der Waals surface area contributed by atoms with E-state index in [1.165, 1.54) is 11.3 Å².